The van der Waals surface area contributed by atoms with E-state index in [-0.39, 0.29) is 11.9 Å². The second-order valence-electron chi connectivity index (χ2n) is 5.79. The summed E-state index contributed by atoms with van der Waals surface area (Å²) in [5.74, 6) is 1.51. The molecule has 7 heteroatoms. The molecule has 1 aromatic rings. The van der Waals surface area contributed by atoms with Crippen molar-refractivity contribution in [3.63, 3.8) is 0 Å². The lowest BCUT2D eigenvalue weighted by atomic mass is 10.0. The quantitative estimate of drug-likeness (QED) is 0.827. The second kappa shape index (κ2) is 7.59. The van der Waals surface area contributed by atoms with Crippen molar-refractivity contribution in [1.82, 2.24) is 14.9 Å². The van der Waals surface area contributed by atoms with Gasteiger partial charge in [-0.05, 0) is 26.2 Å². The lowest BCUT2D eigenvalue weighted by Gasteiger charge is -2.39. The summed E-state index contributed by atoms with van der Waals surface area (Å²) in [4.78, 5) is 25.4. The van der Waals surface area contributed by atoms with Gasteiger partial charge in [-0.2, -0.15) is 0 Å². The molecule has 3 heterocycles. The maximum atomic E-state index is 12.9. The van der Waals surface area contributed by atoms with Crippen LogP contribution in [-0.2, 0) is 9.53 Å². The van der Waals surface area contributed by atoms with Gasteiger partial charge in [-0.15, -0.1) is 0 Å². The summed E-state index contributed by atoms with van der Waals surface area (Å²) < 4.78 is 10.8. The van der Waals surface area contributed by atoms with E-state index in [1.165, 1.54) is 6.33 Å². The van der Waals surface area contributed by atoms with E-state index in [9.17, 15) is 4.79 Å². The van der Waals surface area contributed by atoms with E-state index < -0.39 is 0 Å². The van der Waals surface area contributed by atoms with Gasteiger partial charge in [-0.25, -0.2) is 9.97 Å². The molecule has 0 radical (unpaired) electrons. The average Bonchev–Trinajstić information content (AvgIpc) is 2.62. The zero-order valence-corrected chi connectivity index (χ0v) is 13.6. The lowest BCUT2D eigenvalue weighted by Crippen LogP contribution is -2.53. The monoisotopic (exact) mass is 320 g/mol. The van der Waals surface area contributed by atoms with Gasteiger partial charge in [0, 0.05) is 25.7 Å². The van der Waals surface area contributed by atoms with Crippen LogP contribution in [-0.4, -0.2) is 66.3 Å². The fourth-order valence-corrected chi connectivity index (χ4v) is 3.17. The van der Waals surface area contributed by atoms with Crippen LogP contribution in [0.4, 0.5) is 5.82 Å². The number of rotatable bonds is 4. The van der Waals surface area contributed by atoms with E-state index in [4.69, 9.17) is 9.47 Å². The summed E-state index contributed by atoms with van der Waals surface area (Å²) >= 11 is 0. The number of aromatic nitrogens is 2. The molecule has 126 valence electrons. The topological polar surface area (TPSA) is 67.8 Å². The molecule has 0 spiro atoms. The zero-order chi connectivity index (χ0) is 16.1. The maximum absolute atomic E-state index is 12.9. The Labute approximate surface area is 136 Å². The van der Waals surface area contributed by atoms with E-state index in [2.05, 4.69) is 14.9 Å². The number of carbonyl (C=O) groups excluding carboxylic acids is 1. The summed E-state index contributed by atoms with van der Waals surface area (Å²) in [6.07, 6.45) is 4.51. The minimum Gasteiger partial charge on any atom is -0.478 e. The third-order valence-corrected chi connectivity index (χ3v) is 4.32. The van der Waals surface area contributed by atoms with Gasteiger partial charge in [0.15, 0.2) is 0 Å². The van der Waals surface area contributed by atoms with E-state index >= 15 is 0 Å². The summed E-state index contributed by atoms with van der Waals surface area (Å²) in [6.45, 7) is 5.93. The van der Waals surface area contributed by atoms with Crippen molar-refractivity contribution in [2.75, 3.05) is 44.4 Å². The molecule has 3 rings (SSSR count). The molecule has 0 N–H and O–H groups in total. The molecule has 1 amide bonds. The highest BCUT2D eigenvalue weighted by molar-refractivity contribution is 5.85. The number of hydrogen-bond donors (Lipinski definition) is 0. The first-order valence-corrected chi connectivity index (χ1v) is 8.37. The van der Waals surface area contributed by atoms with E-state index in [0.717, 1.165) is 31.6 Å². The number of piperidine rings is 1. The van der Waals surface area contributed by atoms with Crippen LogP contribution in [0.3, 0.4) is 0 Å². The maximum Gasteiger partial charge on any atom is 0.245 e. The van der Waals surface area contributed by atoms with Crippen molar-refractivity contribution in [2.45, 2.75) is 32.2 Å². The smallest absolute Gasteiger partial charge is 0.245 e. The fraction of sp³-hybridized carbons (Fsp3) is 0.688. The van der Waals surface area contributed by atoms with Gasteiger partial charge >= 0.3 is 0 Å². The van der Waals surface area contributed by atoms with E-state index in [1.807, 2.05) is 17.9 Å². The van der Waals surface area contributed by atoms with Crippen LogP contribution in [0.5, 0.6) is 5.88 Å². The van der Waals surface area contributed by atoms with Crippen molar-refractivity contribution >= 4 is 11.7 Å². The van der Waals surface area contributed by atoms with Crippen LogP contribution in [0.25, 0.3) is 0 Å². The van der Waals surface area contributed by atoms with Crippen molar-refractivity contribution in [2.24, 2.45) is 0 Å². The first kappa shape index (κ1) is 16.0. The Morgan fingerprint density at radius 3 is 2.91 bits per heavy atom. The Morgan fingerprint density at radius 1 is 1.30 bits per heavy atom. The molecule has 2 fully saturated rings. The molecule has 0 aliphatic carbocycles. The first-order valence-electron chi connectivity index (χ1n) is 8.37. The average molecular weight is 320 g/mol. The summed E-state index contributed by atoms with van der Waals surface area (Å²) in [5.41, 5.74) is 0. The zero-order valence-electron chi connectivity index (χ0n) is 13.6. The SMILES string of the molecule is CCOc1cc(N2CCCCC2C(=O)N2CCOCC2)ncn1. The van der Waals surface area contributed by atoms with E-state index in [0.29, 0.717) is 38.8 Å². The van der Waals surface area contributed by atoms with Crippen LogP contribution in [0.1, 0.15) is 26.2 Å². The molecule has 1 aromatic heterocycles. The van der Waals surface area contributed by atoms with Crippen LogP contribution in [0.2, 0.25) is 0 Å². The third-order valence-electron chi connectivity index (χ3n) is 4.32. The third kappa shape index (κ3) is 3.72. The number of hydrogen-bond acceptors (Lipinski definition) is 6. The van der Waals surface area contributed by atoms with Crippen LogP contribution >= 0.6 is 0 Å². The van der Waals surface area contributed by atoms with Crippen molar-refractivity contribution in [1.29, 1.82) is 0 Å². The molecule has 0 aromatic carbocycles. The number of nitrogens with zero attached hydrogens (tertiary/aromatic N) is 4. The molecular weight excluding hydrogens is 296 g/mol. The van der Waals surface area contributed by atoms with Gasteiger partial charge in [-0.1, -0.05) is 0 Å². The normalized spacial score (nSPS) is 22.0. The Kier molecular flexibility index (Phi) is 5.27. The summed E-state index contributed by atoms with van der Waals surface area (Å²) in [6, 6.07) is 1.68. The Hall–Kier alpha value is -1.89. The number of anilines is 1. The molecule has 2 aliphatic heterocycles. The molecule has 1 atom stereocenters. The molecule has 0 saturated carbocycles. The van der Waals surface area contributed by atoms with Gasteiger partial charge in [0.05, 0.1) is 19.8 Å². The summed E-state index contributed by atoms with van der Waals surface area (Å²) in [7, 11) is 0. The second-order valence-corrected chi connectivity index (χ2v) is 5.79. The van der Waals surface area contributed by atoms with Crippen LogP contribution < -0.4 is 9.64 Å². The highest BCUT2D eigenvalue weighted by Gasteiger charge is 2.33. The standard InChI is InChI=1S/C16H24N4O3/c1-2-23-15-11-14(17-12-18-15)20-6-4-3-5-13(20)16(21)19-7-9-22-10-8-19/h11-13H,2-10H2,1H3. The Balaban J connectivity index is 1.77. The fourth-order valence-electron chi connectivity index (χ4n) is 3.17. The summed E-state index contributed by atoms with van der Waals surface area (Å²) in [5, 5.41) is 0. The van der Waals surface area contributed by atoms with Gasteiger partial charge < -0.3 is 19.3 Å². The number of amides is 1. The van der Waals surface area contributed by atoms with Crippen LogP contribution in [0.15, 0.2) is 12.4 Å². The van der Waals surface area contributed by atoms with Gasteiger partial charge in [0.25, 0.3) is 0 Å². The molecule has 23 heavy (non-hydrogen) atoms. The first-order chi connectivity index (χ1) is 11.3. The van der Waals surface area contributed by atoms with Crippen molar-refractivity contribution in [3.05, 3.63) is 12.4 Å². The Morgan fingerprint density at radius 2 is 2.13 bits per heavy atom. The Bertz CT molecular complexity index is 534. The number of ether oxygens (including phenoxy) is 2. The number of morpholine rings is 1. The molecule has 2 aliphatic rings. The minimum absolute atomic E-state index is 0.147. The highest BCUT2D eigenvalue weighted by atomic mass is 16.5. The van der Waals surface area contributed by atoms with Gasteiger partial charge in [-0.3, -0.25) is 4.79 Å². The van der Waals surface area contributed by atoms with E-state index in [1.54, 1.807) is 0 Å². The largest absolute Gasteiger partial charge is 0.478 e. The predicted octanol–water partition coefficient (Wildman–Crippen LogP) is 1.09. The van der Waals surface area contributed by atoms with Gasteiger partial charge in [0.2, 0.25) is 11.8 Å². The van der Waals surface area contributed by atoms with Crippen molar-refractivity contribution in [3.8, 4) is 5.88 Å². The van der Waals surface area contributed by atoms with Gasteiger partial charge in [0.1, 0.15) is 18.2 Å². The lowest BCUT2D eigenvalue weighted by molar-refractivity contribution is -0.137. The molecule has 1 unspecified atom stereocenters. The highest BCUT2D eigenvalue weighted by Crippen LogP contribution is 2.26. The molecule has 7 nitrogen and oxygen atoms in total. The number of carbonyl (C=O) groups is 1. The predicted molar refractivity (Wildman–Crippen MR) is 85.6 cm³/mol. The molecular formula is C16H24N4O3. The minimum atomic E-state index is -0.147. The molecule has 0 bridgehead atoms. The van der Waals surface area contributed by atoms with Crippen LogP contribution in [0, 0.1) is 0 Å². The molecule has 2 saturated heterocycles. The van der Waals surface area contributed by atoms with Crippen molar-refractivity contribution < 1.29 is 14.3 Å².